The highest BCUT2D eigenvalue weighted by Gasteiger charge is 2.32. The van der Waals surface area contributed by atoms with Crippen LogP contribution in [0.15, 0.2) is 0 Å². The van der Waals surface area contributed by atoms with Gasteiger partial charge in [0, 0.05) is 25.7 Å². The summed E-state index contributed by atoms with van der Waals surface area (Å²) >= 11 is 0. The van der Waals surface area contributed by atoms with Crippen molar-refractivity contribution in [3.63, 3.8) is 0 Å². The maximum Gasteiger partial charge on any atom is 0.106 e. The van der Waals surface area contributed by atoms with Crippen molar-refractivity contribution in [3.05, 3.63) is 0 Å². The van der Waals surface area contributed by atoms with Gasteiger partial charge in [0.2, 0.25) is 0 Å². The van der Waals surface area contributed by atoms with Crippen molar-refractivity contribution in [3.8, 4) is 6.07 Å². The molecule has 0 aliphatic heterocycles. The maximum atomic E-state index is 9.10. The number of nitriles is 1. The Morgan fingerprint density at radius 1 is 1.47 bits per heavy atom. The van der Waals surface area contributed by atoms with Crippen LogP contribution in [0.1, 0.15) is 46.0 Å². The van der Waals surface area contributed by atoms with Gasteiger partial charge in [0.15, 0.2) is 0 Å². The average molecular weight is 210 g/mol. The summed E-state index contributed by atoms with van der Waals surface area (Å²) in [6.07, 6.45) is 5.49. The molecule has 0 heterocycles. The normalized spacial score (nSPS) is 19.5. The third kappa shape index (κ3) is 5.15. The summed E-state index contributed by atoms with van der Waals surface area (Å²) in [5.41, 5.74) is -0.395. The summed E-state index contributed by atoms with van der Waals surface area (Å²) in [5, 5.41) is 12.5. The fourth-order valence-corrected chi connectivity index (χ4v) is 1.46. The molecule has 0 aromatic carbocycles. The van der Waals surface area contributed by atoms with Crippen LogP contribution in [-0.2, 0) is 4.74 Å². The minimum atomic E-state index is -0.395. The van der Waals surface area contributed by atoms with E-state index in [0.29, 0.717) is 12.6 Å². The number of hydrogen-bond donors (Lipinski definition) is 1. The molecule has 1 fully saturated rings. The molecule has 1 unspecified atom stereocenters. The molecule has 1 aliphatic carbocycles. The Morgan fingerprint density at radius 3 is 2.73 bits per heavy atom. The van der Waals surface area contributed by atoms with Crippen LogP contribution < -0.4 is 5.32 Å². The van der Waals surface area contributed by atoms with E-state index >= 15 is 0 Å². The third-order valence-corrected chi connectivity index (χ3v) is 2.74. The van der Waals surface area contributed by atoms with E-state index in [0.717, 1.165) is 25.9 Å². The van der Waals surface area contributed by atoms with E-state index in [1.165, 1.54) is 12.8 Å². The van der Waals surface area contributed by atoms with E-state index in [-0.39, 0.29) is 0 Å². The lowest BCUT2D eigenvalue weighted by Crippen LogP contribution is -2.43. The molecule has 1 aliphatic rings. The minimum absolute atomic E-state index is 0.395. The standard InChI is InChI=1S/C12H22N2O/c1-3-4-8-15-9-7-12(2,10-13)14-11-5-6-11/h11,14H,3-9H2,1-2H3. The van der Waals surface area contributed by atoms with Crippen molar-refractivity contribution in [1.29, 1.82) is 5.26 Å². The molecule has 1 saturated carbocycles. The van der Waals surface area contributed by atoms with Crippen LogP contribution in [0.4, 0.5) is 0 Å². The van der Waals surface area contributed by atoms with Crippen LogP contribution in [0.5, 0.6) is 0 Å². The molecular weight excluding hydrogens is 188 g/mol. The summed E-state index contributed by atoms with van der Waals surface area (Å²) in [7, 11) is 0. The zero-order chi connectivity index (χ0) is 11.1. The van der Waals surface area contributed by atoms with Gasteiger partial charge < -0.3 is 4.74 Å². The van der Waals surface area contributed by atoms with Gasteiger partial charge >= 0.3 is 0 Å². The van der Waals surface area contributed by atoms with Gasteiger partial charge in [0.25, 0.3) is 0 Å². The SMILES string of the molecule is CCCCOCCC(C)(C#N)NC1CC1. The van der Waals surface area contributed by atoms with Gasteiger partial charge in [0.05, 0.1) is 6.07 Å². The van der Waals surface area contributed by atoms with Crippen molar-refractivity contribution >= 4 is 0 Å². The Kier molecular flexibility index (Phi) is 5.07. The molecule has 1 N–H and O–H groups in total. The van der Waals surface area contributed by atoms with Crippen LogP contribution in [-0.4, -0.2) is 24.8 Å². The van der Waals surface area contributed by atoms with Crippen molar-refractivity contribution in [1.82, 2.24) is 5.32 Å². The lowest BCUT2D eigenvalue weighted by molar-refractivity contribution is 0.115. The molecule has 86 valence electrons. The second-order valence-electron chi connectivity index (χ2n) is 4.58. The predicted octanol–water partition coefficient (Wildman–Crippen LogP) is 2.23. The first-order valence-corrected chi connectivity index (χ1v) is 5.97. The van der Waals surface area contributed by atoms with Crippen LogP contribution >= 0.6 is 0 Å². The van der Waals surface area contributed by atoms with Crippen LogP contribution in [0, 0.1) is 11.3 Å². The minimum Gasteiger partial charge on any atom is -0.381 e. The van der Waals surface area contributed by atoms with Gasteiger partial charge in [-0.1, -0.05) is 13.3 Å². The summed E-state index contributed by atoms with van der Waals surface area (Å²) < 4.78 is 5.48. The summed E-state index contributed by atoms with van der Waals surface area (Å²) in [6.45, 7) is 5.62. The second kappa shape index (κ2) is 6.09. The Hall–Kier alpha value is -0.590. The van der Waals surface area contributed by atoms with Crippen LogP contribution in [0.3, 0.4) is 0 Å². The molecular formula is C12H22N2O. The first-order chi connectivity index (χ1) is 7.20. The van der Waals surface area contributed by atoms with Gasteiger partial charge in [-0.05, 0) is 26.2 Å². The Balaban J connectivity index is 2.12. The lowest BCUT2D eigenvalue weighted by Gasteiger charge is -2.23. The predicted molar refractivity (Wildman–Crippen MR) is 60.5 cm³/mol. The number of nitrogens with zero attached hydrogens (tertiary/aromatic N) is 1. The topological polar surface area (TPSA) is 45.0 Å². The van der Waals surface area contributed by atoms with E-state index in [9.17, 15) is 0 Å². The molecule has 3 nitrogen and oxygen atoms in total. The number of rotatable bonds is 8. The number of ether oxygens (including phenoxy) is 1. The molecule has 1 atom stereocenters. The summed E-state index contributed by atoms with van der Waals surface area (Å²) in [6, 6.07) is 2.92. The van der Waals surface area contributed by atoms with Crippen LogP contribution in [0.2, 0.25) is 0 Å². The monoisotopic (exact) mass is 210 g/mol. The molecule has 0 amide bonds. The van der Waals surface area contributed by atoms with Crippen molar-refractivity contribution in [2.75, 3.05) is 13.2 Å². The molecule has 0 radical (unpaired) electrons. The van der Waals surface area contributed by atoms with E-state index < -0.39 is 5.54 Å². The van der Waals surface area contributed by atoms with E-state index in [1.54, 1.807) is 0 Å². The van der Waals surface area contributed by atoms with Crippen molar-refractivity contribution in [2.45, 2.75) is 57.5 Å². The highest BCUT2D eigenvalue weighted by molar-refractivity contribution is 5.06. The lowest BCUT2D eigenvalue weighted by atomic mass is 10.0. The summed E-state index contributed by atoms with van der Waals surface area (Å²) in [4.78, 5) is 0. The molecule has 0 spiro atoms. The van der Waals surface area contributed by atoms with Crippen LogP contribution in [0.25, 0.3) is 0 Å². The highest BCUT2D eigenvalue weighted by Crippen LogP contribution is 2.23. The number of unbranched alkanes of at least 4 members (excludes halogenated alkanes) is 1. The van der Waals surface area contributed by atoms with E-state index in [2.05, 4.69) is 18.3 Å². The Bertz CT molecular complexity index is 220. The zero-order valence-electron chi connectivity index (χ0n) is 9.88. The largest absolute Gasteiger partial charge is 0.381 e. The molecule has 1 rings (SSSR count). The average Bonchev–Trinajstić information content (AvgIpc) is 3.01. The fourth-order valence-electron chi connectivity index (χ4n) is 1.46. The first kappa shape index (κ1) is 12.5. The van der Waals surface area contributed by atoms with Gasteiger partial charge in [-0.15, -0.1) is 0 Å². The quantitative estimate of drug-likeness (QED) is 0.625. The molecule has 0 aromatic heterocycles. The molecule has 0 bridgehead atoms. The Morgan fingerprint density at radius 2 is 2.20 bits per heavy atom. The number of nitrogens with one attached hydrogen (secondary N) is 1. The highest BCUT2D eigenvalue weighted by atomic mass is 16.5. The first-order valence-electron chi connectivity index (χ1n) is 5.97. The van der Waals surface area contributed by atoms with Gasteiger partial charge in [-0.2, -0.15) is 5.26 Å². The second-order valence-corrected chi connectivity index (χ2v) is 4.58. The summed E-state index contributed by atoms with van der Waals surface area (Å²) in [5.74, 6) is 0. The zero-order valence-corrected chi connectivity index (χ0v) is 9.88. The van der Waals surface area contributed by atoms with E-state index in [1.807, 2.05) is 6.92 Å². The van der Waals surface area contributed by atoms with Gasteiger partial charge in [-0.25, -0.2) is 0 Å². The van der Waals surface area contributed by atoms with Gasteiger partial charge in [-0.3, -0.25) is 5.32 Å². The fraction of sp³-hybridized carbons (Fsp3) is 0.917. The Labute approximate surface area is 92.8 Å². The van der Waals surface area contributed by atoms with Crippen molar-refractivity contribution < 1.29 is 4.74 Å². The maximum absolute atomic E-state index is 9.10. The smallest absolute Gasteiger partial charge is 0.106 e. The molecule has 15 heavy (non-hydrogen) atoms. The molecule has 3 heteroatoms. The third-order valence-electron chi connectivity index (χ3n) is 2.74. The van der Waals surface area contributed by atoms with Crippen molar-refractivity contribution in [2.24, 2.45) is 0 Å². The van der Waals surface area contributed by atoms with Gasteiger partial charge in [0.1, 0.15) is 5.54 Å². The molecule has 0 aromatic rings. The molecule has 0 saturated heterocycles. The van der Waals surface area contributed by atoms with E-state index in [4.69, 9.17) is 10.00 Å². The number of hydrogen-bond acceptors (Lipinski definition) is 3.